The van der Waals surface area contributed by atoms with Gasteiger partial charge in [-0.2, -0.15) is 4.98 Å². The molecular formula is C28H35N5O7. The maximum atomic E-state index is 13.0. The monoisotopic (exact) mass is 553 g/mol. The minimum Gasteiger partial charge on any atom is -0.504 e. The molecule has 12 nitrogen and oxygen atoms in total. The van der Waals surface area contributed by atoms with Gasteiger partial charge in [0.25, 0.3) is 5.56 Å². The van der Waals surface area contributed by atoms with Crippen molar-refractivity contribution in [3.63, 3.8) is 0 Å². The molecule has 1 saturated heterocycles. The standard InChI is InChI=1S/C28H35N5O7/c1-28-5-4-12-13-7-18(35)19(36)8-15(13)17(6-14(12)16(28)2-3-22(28)38)30-27-31-25-24(26(39)32-27)29-11-33(25)23-9-20(37)21(10-34)40-23/h7-8,11-12,14,16-17,20-23,34-38H,2-6,9-10H2,1H3,(H2,30,31,32,39)/t12-,14-,16+,17?,20+,21-,22+,23-,28+/m1/s1. The Hall–Kier alpha value is -3.19. The number of phenols is 2. The van der Waals surface area contributed by atoms with Crippen LogP contribution in [0.4, 0.5) is 5.95 Å². The Bertz CT molecular complexity index is 1520. The number of imidazole rings is 1. The number of fused-ring (bicyclic) bond motifs is 6. The third kappa shape index (κ3) is 3.76. The van der Waals surface area contributed by atoms with Gasteiger partial charge in [0.15, 0.2) is 22.7 Å². The molecule has 12 heteroatoms. The van der Waals surface area contributed by atoms with Gasteiger partial charge in [0.1, 0.15) is 12.3 Å². The minimum absolute atomic E-state index is 0.130. The van der Waals surface area contributed by atoms with Gasteiger partial charge >= 0.3 is 0 Å². The number of benzene rings is 1. The van der Waals surface area contributed by atoms with E-state index in [2.05, 4.69) is 27.2 Å². The van der Waals surface area contributed by atoms with Gasteiger partial charge in [-0.3, -0.25) is 14.3 Å². The zero-order valence-electron chi connectivity index (χ0n) is 22.2. The van der Waals surface area contributed by atoms with Crippen molar-refractivity contribution in [2.24, 2.45) is 17.3 Å². The lowest BCUT2D eigenvalue weighted by molar-refractivity contribution is -0.0432. The number of aliphatic hydroxyl groups is 3. The van der Waals surface area contributed by atoms with Crippen molar-refractivity contribution in [2.45, 2.75) is 81.9 Å². The number of phenolic OH excluding ortho intramolecular Hbond substituents is 2. The smallest absolute Gasteiger partial charge is 0.280 e. The van der Waals surface area contributed by atoms with Crippen LogP contribution in [0.25, 0.3) is 11.2 Å². The number of aromatic nitrogens is 4. The van der Waals surface area contributed by atoms with Crippen LogP contribution in [0.15, 0.2) is 23.3 Å². The van der Waals surface area contributed by atoms with Crippen molar-refractivity contribution in [2.75, 3.05) is 11.9 Å². The molecule has 7 rings (SSSR count). The summed E-state index contributed by atoms with van der Waals surface area (Å²) in [5.41, 5.74) is 1.65. The van der Waals surface area contributed by atoms with Crippen LogP contribution < -0.4 is 10.9 Å². The molecular weight excluding hydrogens is 518 g/mol. The van der Waals surface area contributed by atoms with Gasteiger partial charge < -0.3 is 35.6 Å². The van der Waals surface area contributed by atoms with Gasteiger partial charge in [-0.25, -0.2) is 4.98 Å². The third-order valence-corrected chi connectivity index (χ3v) is 10.3. The summed E-state index contributed by atoms with van der Waals surface area (Å²) >= 11 is 0. The molecule has 9 atom stereocenters. The van der Waals surface area contributed by atoms with Crippen molar-refractivity contribution >= 4 is 17.1 Å². The summed E-state index contributed by atoms with van der Waals surface area (Å²) in [4.78, 5) is 24.7. The zero-order chi connectivity index (χ0) is 27.9. The molecule has 2 saturated carbocycles. The number of aromatic amines is 1. The maximum Gasteiger partial charge on any atom is 0.280 e. The fourth-order valence-electron chi connectivity index (χ4n) is 8.16. The Morgan fingerprint density at radius 1 is 1.15 bits per heavy atom. The van der Waals surface area contributed by atoms with Gasteiger partial charge in [0.2, 0.25) is 5.95 Å². The molecule has 0 amide bonds. The van der Waals surface area contributed by atoms with Crippen molar-refractivity contribution < 1.29 is 30.3 Å². The summed E-state index contributed by atoms with van der Waals surface area (Å²) in [6.45, 7) is 1.86. The summed E-state index contributed by atoms with van der Waals surface area (Å²) in [6.07, 6.45) is 3.35. The van der Waals surface area contributed by atoms with E-state index < -0.39 is 24.0 Å². The topological polar surface area (TPSA) is 186 Å². The molecule has 1 aliphatic heterocycles. The van der Waals surface area contributed by atoms with Crippen molar-refractivity contribution in [1.29, 1.82) is 0 Å². The molecule has 1 unspecified atom stereocenters. The summed E-state index contributed by atoms with van der Waals surface area (Å²) in [5, 5.41) is 54.8. The second kappa shape index (κ2) is 9.16. The second-order valence-corrected chi connectivity index (χ2v) is 12.3. The van der Waals surface area contributed by atoms with E-state index in [1.807, 2.05) is 0 Å². The van der Waals surface area contributed by atoms with E-state index in [-0.39, 0.29) is 71.0 Å². The Kier molecular flexibility index (Phi) is 5.90. The molecule has 0 spiro atoms. The van der Waals surface area contributed by atoms with Crippen LogP contribution in [0.5, 0.6) is 11.5 Å². The Labute approximate surface area is 229 Å². The van der Waals surface area contributed by atoms with E-state index in [0.29, 0.717) is 12.3 Å². The highest BCUT2D eigenvalue weighted by atomic mass is 16.5. The number of ether oxygens (including phenoxy) is 1. The maximum absolute atomic E-state index is 13.0. The molecule has 214 valence electrons. The van der Waals surface area contributed by atoms with Crippen LogP contribution >= 0.6 is 0 Å². The number of aromatic hydroxyl groups is 2. The van der Waals surface area contributed by atoms with Crippen LogP contribution in [-0.4, -0.2) is 70.0 Å². The van der Waals surface area contributed by atoms with Crippen molar-refractivity contribution in [3.8, 4) is 11.5 Å². The molecule has 4 aliphatic rings. The fraction of sp³-hybridized carbons (Fsp3) is 0.607. The number of hydrogen-bond acceptors (Lipinski definition) is 10. The first-order valence-corrected chi connectivity index (χ1v) is 14.1. The summed E-state index contributed by atoms with van der Waals surface area (Å²) in [6, 6.07) is 2.95. The molecule has 3 aliphatic carbocycles. The lowest BCUT2D eigenvalue weighted by Gasteiger charge is -2.51. The predicted molar refractivity (Wildman–Crippen MR) is 143 cm³/mol. The normalized spacial score (nSPS) is 36.8. The van der Waals surface area contributed by atoms with Gasteiger partial charge in [0, 0.05) is 6.42 Å². The first-order valence-electron chi connectivity index (χ1n) is 14.1. The van der Waals surface area contributed by atoms with Crippen LogP contribution in [0.3, 0.4) is 0 Å². The molecule has 0 radical (unpaired) electrons. The molecule has 40 heavy (non-hydrogen) atoms. The van der Waals surface area contributed by atoms with Gasteiger partial charge in [0.05, 0.1) is 31.2 Å². The molecule has 0 bridgehead atoms. The third-order valence-electron chi connectivity index (χ3n) is 10.3. The minimum atomic E-state index is -0.849. The van der Waals surface area contributed by atoms with Gasteiger partial charge in [-0.1, -0.05) is 6.92 Å². The number of aliphatic hydroxyl groups excluding tert-OH is 3. The fourth-order valence-corrected chi connectivity index (χ4v) is 8.16. The molecule has 3 aromatic rings. The van der Waals surface area contributed by atoms with E-state index >= 15 is 0 Å². The predicted octanol–water partition coefficient (Wildman–Crippen LogP) is 2.00. The van der Waals surface area contributed by atoms with Crippen LogP contribution in [0.2, 0.25) is 0 Å². The Balaban J connectivity index is 1.26. The highest BCUT2D eigenvalue weighted by Gasteiger charge is 2.55. The van der Waals surface area contributed by atoms with E-state index in [0.717, 1.165) is 36.8 Å². The van der Waals surface area contributed by atoms with E-state index in [4.69, 9.17) is 4.74 Å². The average molecular weight is 554 g/mol. The quantitative estimate of drug-likeness (QED) is 0.236. The van der Waals surface area contributed by atoms with E-state index in [1.165, 1.54) is 6.33 Å². The molecule has 3 fully saturated rings. The first-order chi connectivity index (χ1) is 19.2. The number of nitrogens with zero attached hydrogens (tertiary/aromatic N) is 3. The molecule has 1 aromatic carbocycles. The lowest BCUT2D eigenvalue weighted by atomic mass is 9.54. The molecule has 7 N–H and O–H groups in total. The number of rotatable bonds is 4. The van der Waals surface area contributed by atoms with Crippen molar-refractivity contribution in [3.05, 3.63) is 39.9 Å². The SMILES string of the molecule is C[C@]12CC[C@@H]3c4cc(O)c(O)cc4C(Nc4nc5c(ncn5[C@H]5C[C@H](O)[C@@H](CO)O5)c(=O)[nH]4)C[C@H]3[C@@H]1CC[C@@H]2O. The van der Waals surface area contributed by atoms with Gasteiger partial charge in [-0.05, 0) is 78.5 Å². The Morgan fingerprint density at radius 2 is 1.93 bits per heavy atom. The highest BCUT2D eigenvalue weighted by molar-refractivity contribution is 5.71. The molecule has 3 heterocycles. The summed E-state index contributed by atoms with van der Waals surface area (Å²) in [5.74, 6) is 0.624. The number of hydrogen-bond donors (Lipinski definition) is 7. The number of nitrogens with one attached hydrogen (secondary N) is 2. The van der Waals surface area contributed by atoms with E-state index in [9.17, 15) is 30.3 Å². The zero-order valence-corrected chi connectivity index (χ0v) is 22.2. The highest BCUT2D eigenvalue weighted by Crippen LogP contribution is 2.62. The largest absolute Gasteiger partial charge is 0.504 e. The van der Waals surface area contributed by atoms with E-state index in [1.54, 1.807) is 16.7 Å². The van der Waals surface area contributed by atoms with Crippen LogP contribution in [0, 0.1) is 17.3 Å². The van der Waals surface area contributed by atoms with Gasteiger partial charge in [-0.15, -0.1) is 0 Å². The number of anilines is 1. The van der Waals surface area contributed by atoms with Crippen LogP contribution in [0.1, 0.15) is 74.8 Å². The van der Waals surface area contributed by atoms with Crippen molar-refractivity contribution in [1.82, 2.24) is 19.5 Å². The average Bonchev–Trinajstić information content (AvgIpc) is 3.60. The summed E-state index contributed by atoms with van der Waals surface area (Å²) < 4.78 is 7.36. The Morgan fingerprint density at radius 3 is 2.67 bits per heavy atom. The van der Waals surface area contributed by atoms with Crippen LogP contribution in [-0.2, 0) is 4.74 Å². The first kappa shape index (κ1) is 25.8. The second-order valence-electron chi connectivity index (χ2n) is 12.3. The molecule has 2 aromatic heterocycles. The lowest BCUT2D eigenvalue weighted by Crippen LogP contribution is -2.45. The summed E-state index contributed by atoms with van der Waals surface area (Å²) in [7, 11) is 0. The number of H-pyrrole nitrogens is 1.